The molecule has 150 valence electrons. The van der Waals surface area contributed by atoms with Crippen LogP contribution in [0.15, 0.2) is 0 Å². The van der Waals surface area contributed by atoms with Crippen LogP contribution in [0.2, 0.25) is 0 Å². The minimum absolute atomic E-state index is 0.0914. The first-order valence-corrected chi connectivity index (χ1v) is 10.7. The van der Waals surface area contributed by atoms with Crippen molar-refractivity contribution in [3.63, 3.8) is 0 Å². The maximum atomic E-state index is 11.9. The molecule has 0 bridgehead atoms. The summed E-state index contributed by atoms with van der Waals surface area (Å²) < 4.78 is 0.342. The van der Waals surface area contributed by atoms with Gasteiger partial charge >= 0.3 is 0 Å². The van der Waals surface area contributed by atoms with Gasteiger partial charge in [-0.3, -0.25) is 4.79 Å². The van der Waals surface area contributed by atoms with Crippen LogP contribution in [0.3, 0.4) is 0 Å². The Morgan fingerprint density at radius 1 is 0.840 bits per heavy atom. The Hall–Kier alpha value is -0.610. The molecule has 0 aromatic carbocycles. The molecule has 0 rings (SSSR count). The van der Waals surface area contributed by atoms with Crippen molar-refractivity contribution in [3.05, 3.63) is 0 Å². The number of likely N-dealkylation sites (N-methyl/N-ethyl adjacent to an activating group) is 1. The zero-order chi connectivity index (χ0) is 19.0. The van der Waals surface area contributed by atoms with Crippen molar-refractivity contribution in [3.8, 4) is 0 Å². The molecule has 0 fully saturated rings. The first kappa shape index (κ1) is 24.4. The number of hydrogen-bond acceptors (Lipinski definition) is 2. The number of hydrogen-bond donors (Lipinski definition) is 2. The fourth-order valence-corrected chi connectivity index (χ4v) is 3.40. The zero-order valence-corrected chi connectivity index (χ0v) is 17.5. The van der Waals surface area contributed by atoms with Crippen molar-refractivity contribution in [1.82, 2.24) is 5.43 Å². The average molecular weight is 358 g/mol. The highest BCUT2D eigenvalue weighted by Gasteiger charge is 2.20. The molecule has 0 aliphatic rings. The monoisotopic (exact) mass is 357 g/mol. The van der Waals surface area contributed by atoms with E-state index >= 15 is 0 Å². The van der Waals surface area contributed by atoms with Gasteiger partial charge in [0.1, 0.15) is 12.6 Å². The summed E-state index contributed by atoms with van der Waals surface area (Å²) in [6.45, 7) is 4.55. The van der Waals surface area contributed by atoms with Crippen LogP contribution in [0.4, 0.5) is 0 Å². The van der Waals surface area contributed by atoms with Crippen molar-refractivity contribution < 1.29 is 14.5 Å². The molecule has 0 spiro atoms. The molecule has 2 N–H and O–H groups in total. The average Bonchev–Trinajstić information content (AvgIpc) is 2.50. The molecule has 1 atom stereocenters. The predicted octanol–water partition coefficient (Wildman–Crippen LogP) is 4.96. The topological polar surface area (TPSA) is 49.3 Å². The SMILES string of the molecule is CCCCCCCCCCCCCCCC(=O)N[N+](C)(C)CC(C)O. The molecule has 1 unspecified atom stereocenters. The first-order valence-electron chi connectivity index (χ1n) is 10.7. The summed E-state index contributed by atoms with van der Waals surface area (Å²) >= 11 is 0. The largest absolute Gasteiger partial charge is 0.387 e. The molecule has 0 radical (unpaired) electrons. The Bertz CT molecular complexity index is 317. The molecule has 0 aromatic rings. The maximum Gasteiger partial charge on any atom is 0.264 e. The molecule has 1 amide bonds. The summed E-state index contributed by atoms with van der Waals surface area (Å²) in [7, 11) is 3.82. The predicted molar refractivity (Wildman–Crippen MR) is 107 cm³/mol. The van der Waals surface area contributed by atoms with E-state index in [0.717, 1.165) is 12.8 Å². The Morgan fingerprint density at radius 2 is 1.24 bits per heavy atom. The molecule has 0 saturated carbocycles. The number of carbonyl (C=O) groups is 1. The number of nitrogens with zero attached hydrogens (tertiary/aromatic N) is 1. The van der Waals surface area contributed by atoms with Gasteiger partial charge in [-0.15, -0.1) is 0 Å². The number of carbonyl (C=O) groups excluding carboxylic acids is 1. The fraction of sp³-hybridized carbons (Fsp3) is 0.952. The van der Waals surface area contributed by atoms with E-state index in [-0.39, 0.29) is 5.91 Å². The van der Waals surface area contributed by atoms with E-state index in [2.05, 4.69) is 12.3 Å². The Morgan fingerprint density at radius 3 is 1.64 bits per heavy atom. The minimum atomic E-state index is -0.411. The number of nitrogens with one attached hydrogen (secondary N) is 1. The van der Waals surface area contributed by atoms with Gasteiger partial charge in [0.05, 0.1) is 14.1 Å². The summed E-state index contributed by atoms with van der Waals surface area (Å²) in [5.74, 6) is 0.0914. The number of aliphatic hydroxyl groups excluding tert-OH is 1. The minimum Gasteiger partial charge on any atom is -0.387 e. The molecule has 0 saturated heterocycles. The highest BCUT2D eigenvalue weighted by atomic mass is 16.3. The molecule has 25 heavy (non-hydrogen) atoms. The van der Waals surface area contributed by atoms with E-state index in [1.54, 1.807) is 6.92 Å². The van der Waals surface area contributed by atoms with Gasteiger partial charge in [-0.1, -0.05) is 84.0 Å². The highest BCUT2D eigenvalue weighted by molar-refractivity contribution is 5.74. The van der Waals surface area contributed by atoms with E-state index in [1.807, 2.05) is 14.1 Å². The molecular formula is C21H45N2O2+. The van der Waals surface area contributed by atoms with Crippen LogP contribution in [0.5, 0.6) is 0 Å². The van der Waals surface area contributed by atoms with Crippen LogP contribution >= 0.6 is 0 Å². The lowest BCUT2D eigenvalue weighted by atomic mass is 10.0. The summed E-state index contributed by atoms with van der Waals surface area (Å²) in [6.07, 6.45) is 17.4. The van der Waals surface area contributed by atoms with Gasteiger partial charge in [0.2, 0.25) is 0 Å². The standard InChI is InChI=1S/C21H44N2O2/c1-5-6-7-8-9-10-11-12-13-14-15-16-17-18-21(25)22-23(3,4)19-20(2)24/h20,24H,5-19H2,1-4H3/p+1. The molecule has 0 aromatic heterocycles. The van der Waals surface area contributed by atoms with Crippen molar-refractivity contribution in [2.75, 3.05) is 20.6 Å². The molecular weight excluding hydrogens is 312 g/mol. The molecule has 0 heterocycles. The Balaban J connectivity index is 3.36. The van der Waals surface area contributed by atoms with Crippen LogP contribution < -0.4 is 5.43 Å². The van der Waals surface area contributed by atoms with Crippen molar-refractivity contribution in [2.45, 2.75) is 110 Å². The Kier molecular flexibility index (Phi) is 15.2. The van der Waals surface area contributed by atoms with Crippen LogP contribution in [0.1, 0.15) is 104 Å². The van der Waals surface area contributed by atoms with Gasteiger partial charge in [-0.05, 0) is 13.3 Å². The number of quaternary nitrogens is 1. The zero-order valence-electron chi connectivity index (χ0n) is 17.5. The van der Waals surface area contributed by atoms with Crippen LogP contribution in [-0.4, -0.2) is 42.3 Å². The smallest absolute Gasteiger partial charge is 0.264 e. The summed E-state index contributed by atoms with van der Waals surface area (Å²) in [4.78, 5) is 11.9. The van der Waals surface area contributed by atoms with Gasteiger partial charge in [-0.25, -0.2) is 10.0 Å². The molecule has 4 heteroatoms. The van der Waals surface area contributed by atoms with E-state index in [0.29, 0.717) is 17.6 Å². The third-order valence-electron chi connectivity index (χ3n) is 4.66. The lowest BCUT2D eigenvalue weighted by Crippen LogP contribution is -2.57. The van der Waals surface area contributed by atoms with E-state index < -0.39 is 6.10 Å². The van der Waals surface area contributed by atoms with Gasteiger partial charge < -0.3 is 5.11 Å². The van der Waals surface area contributed by atoms with Gasteiger partial charge in [0.15, 0.2) is 0 Å². The van der Waals surface area contributed by atoms with Gasteiger partial charge in [0, 0.05) is 6.42 Å². The highest BCUT2D eigenvalue weighted by Crippen LogP contribution is 2.13. The summed E-state index contributed by atoms with van der Waals surface area (Å²) in [5, 5.41) is 9.43. The Labute approximate surface area is 156 Å². The third-order valence-corrected chi connectivity index (χ3v) is 4.66. The van der Waals surface area contributed by atoms with Crippen molar-refractivity contribution in [1.29, 1.82) is 0 Å². The maximum absolute atomic E-state index is 11.9. The van der Waals surface area contributed by atoms with Crippen LogP contribution in [0, 0.1) is 0 Å². The second-order valence-corrected chi connectivity index (χ2v) is 8.24. The fourth-order valence-electron chi connectivity index (χ4n) is 3.40. The third kappa shape index (κ3) is 18.0. The second-order valence-electron chi connectivity index (χ2n) is 8.24. The van der Waals surface area contributed by atoms with E-state index in [1.165, 1.54) is 70.6 Å². The van der Waals surface area contributed by atoms with Crippen LogP contribution in [0.25, 0.3) is 0 Å². The lowest BCUT2D eigenvalue weighted by molar-refractivity contribution is -0.927. The van der Waals surface area contributed by atoms with Gasteiger partial charge in [-0.2, -0.15) is 0 Å². The summed E-state index contributed by atoms with van der Waals surface area (Å²) in [6, 6.07) is 0. The lowest BCUT2D eigenvalue weighted by Gasteiger charge is -2.30. The number of unbranched alkanes of at least 4 members (excludes halogenated alkanes) is 12. The quantitative estimate of drug-likeness (QED) is 0.220. The van der Waals surface area contributed by atoms with Gasteiger partial charge in [0.25, 0.3) is 5.91 Å². The number of amides is 1. The van der Waals surface area contributed by atoms with E-state index in [4.69, 9.17) is 0 Å². The molecule has 4 nitrogen and oxygen atoms in total. The second kappa shape index (κ2) is 15.6. The number of rotatable bonds is 17. The van der Waals surface area contributed by atoms with E-state index in [9.17, 15) is 9.90 Å². The van der Waals surface area contributed by atoms with Crippen LogP contribution in [-0.2, 0) is 4.79 Å². The number of aliphatic hydroxyl groups is 1. The molecule has 0 aliphatic heterocycles. The normalized spacial score (nSPS) is 13.0. The van der Waals surface area contributed by atoms with Crippen molar-refractivity contribution in [2.24, 2.45) is 0 Å². The summed E-state index contributed by atoms with van der Waals surface area (Å²) in [5.41, 5.74) is 2.97. The molecule has 0 aliphatic carbocycles. The van der Waals surface area contributed by atoms with Crippen molar-refractivity contribution >= 4 is 5.91 Å². The first-order chi connectivity index (χ1) is 11.9.